The highest BCUT2D eigenvalue weighted by Crippen LogP contribution is 2.32. The van der Waals surface area contributed by atoms with E-state index in [4.69, 9.17) is 9.47 Å². The summed E-state index contributed by atoms with van der Waals surface area (Å²) in [6.45, 7) is 4.39. The third-order valence-electron chi connectivity index (χ3n) is 5.79. The summed E-state index contributed by atoms with van der Waals surface area (Å²) in [6.07, 6.45) is 3.54. The molecule has 1 unspecified atom stereocenters. The van der Waals surface area contributed by atoms with Crippen LogP contribution in [0.15, 0.2) is 42.5 Å². The minimum absolute atomic E-state index is 0.319. The molecule has 1 aliphatic rings. The van der Waals surface area contributed by atoms with Gasteiger partial charge in [0.1, 0.15) is 6.54 Å². The molecule has 1 amide bonds. The maximum absolute atomic E-state index is 12.6. The quantitative estimate of drug-likeness (QED) is 0.600. The number of sulfonamides is 1. The molecule has 0 aliphatic carbocycles. The third kappa shape index (κ3) is 6.54. The van der Waals surface area contributed by atoms with Crippen LogP contribution in [-0.2, 0) is 21.4 Å². The van der Waals surface area contributed by atoms with Gasteiger partial charge in [0.25, 0.3) is 0 Å². The second kappa shape index (κ2) is 10.8. The Bertz CT molecular complexity index is 1060. The van der Waals surface area contributed by atoms with Gasteiger partial charge in [0.15, 0.2) is 11.5 Å². The van der Waals surface area contributed by atoms with E-state index in [0.717, 1.165) is 29.2 Å². The van der Waals surface area contributed by atoms with E-state index in [0.29, 0.717) is 29.6 Å². The van der Waals surface area contributed by atoms with E-state index >= 15 is 0 Å². The summed E-state index contributed by atoms with van der Waals surface area (Å²) in [7, 11) is -0.725. The first-order valence-electron chi connectivity index (χ1n) is 11.0. The number of ether oxygens (including phenoxy) is 2. The summed E-state index contributed by atoms with van der Waals surface area (Å²) in [4.78, 5) is 15.0. The van der Waals surface area contributed by atoms with Crippen molar-refractivity contribution in [3.63, 3.8) is 0 Å². The van der Waals surface area contributed by atoms with Gasteiger partial charge in [-0.25, -0.2) is 8.42 Å². The zero-order valence-corrected chi connectivity index (χ0v) is 20.5. The summed E-state index contributed by atoms with van der Waals surface area (Å²) < 4.78 is 36.3. The van der Waals surface area contributed by atoms with Crippen molar-refractivity contribution in [3.8, 4) is 11.5 Å². The Morgan fingerprint density at radius 1 is 1.12 bits per heavy atom. The van der Waals surface area contributed by atoms with Gasteiger partial charge in [0, 0.05) is 31.4 Å². The largest absolute Gasteiger partial charge is 0.493 e. The lowest BCUT2D eigenvalue weighted by Crippen LogP contribution is -2.40. The van der Waals surface area contributed by atoms with Gasteiger partial charge >= 0.3 is 0 Å². The van der Waals surface area contributed by atoms with Crippen molar-refractivity contribution in [2.75, 3.05) is 49.3 Å². The molecule has 1 fully saturated rings. The first-order valence-corrected chi connectivity index (χ1v) is 12.9. The molecule has 9 heteroatoms. The van der Waals surface area contributed by atoms with E-state index in [1.807, 2.05) is 12.1 Å². The lowest BCUT2D eigenvalue weighted by Gasteiger charge is -2.32. The first kappa shape index (κ1) is 24.7. The van der Waals surface area contributed by atoms with Crippen LogP contribution in [0.25, 0.3) is 0 Å². The van der Waals surface area contributed by atoms with Crippen molar-refractivity contribution in [1.29, 1.82) is 0 Å². The molecule has 0 radical (unpaired) electrons. The number of amides is 1. The second-order valence-electron chi connectivity index (χ2n) is 8.45. The van der Waals surface area contributed by atoms with Crippen molar-refractivity contribution < 1.29 is 22.7 Å². The molecule has 0 saturated carbocycles. The predicted octanol–water partition coefficient (Wildman–Crippen LogP) is 3.02. The van der Waals surface area contributed by atoms with Crippen LogP contribution in [0.1, 0.15) is 25.3 Å². The van der Waals surface area contributed by atoms with Crippen molar-refractivity contribution in [2.45, 2.75) is 26.3 Å². The topological polar surface area (TPSA) is 88.2 Å². The SMILES string of the molecule is COc1ccc(N(CC(=O)NCc2ccc(N3CCCC(C)C3)cc2)S(C)(=O)=O)cc1OC. The van der Waals surface area contributed by atoms with E-state index in [9.17, 15) is 13.2 Å². The second-order valence-corrected chi connectivity index (χ2v) is 10.4. The van der Waals surface area contributed by atoms with Crippen molar-refractivity contribution >= 4 is 27.3 Å². The van der Waals surface area contributed by atoms with Gasteiger partial charge in [0.2, 0.25) is 15.9 Å². The molecule has 2 aromatic rings. The van der Waals surface area contributed by atoms with Gasteiger partial charge in [-0.3, -0.25) is 9.10 Å². The number of nitrogens with zero attached hydrogens (tertiary/aromatic N) is 2. The highest BCUT2D eigenvalue weighted by molar-refractivity contribution is 7.92. The normalized spacial score (nSPS) is 16.2. The van der Waals surface area contributed by atoms with E-state index in [1.54, 1.807) is 12.1 Å². The average Bonchev–Trinajstić information content (AvgIpc) is 2.80. The van der Waals surface area contributed by atoms with Gasteiger partial charge in [-0.1, -0.05) is 19.1 Å². The molecule has 2 aromatic carbocycles. The number of carbonyl (C=O) groups excluding carboxylic acids is 1. The zero-order chi connectivity index (χ0) is 24.0. The molecule has 1 saturated heterocycles. The lowest BCUT2D eigenvalue weighted by atomic mass is 9.99. The van der Waals surface area contributed by atoms with Gasteiger partial charge < -0.3 is 19.7 Å². The van der Waals surface area contributed by atoms with E-state index in [1.165, 1.54) is 38.8 Å². The van der Waals surface area contributed by atoms with Crippen LogP contribution in [-0.4, -0.2) is 54.4 Å². The molecule has 180 valence electrons. The Labute approximate surface area is 196 Å². The van der Waals surface area contributed by atoms with Crippen LogP contribution in [0, 0.1) is 5.92 Å². The van der Waals surface area contributed by atoms with Crippen LogP contribution in [0.3, 0.4) is 0 Å². The monoisotopic (exact) mass is 475 g/mol. The third-order valence-corrected chi connectivity index (χ3v) is 6.93. The van der Waals surface area contributed by atoms with Crippen molar-refractivity contribution in [1.82, 2.24) is 5.32 Å². The molecule has 1 aliphatic heterocycles. The average molecular weight is 476 g/mol. The highest BCUT2D eigenvalue weighted by Gasteiger charge is 2.22. The Morgan fingerprint density at radius 2 is 1.82 bits per heavy atom. The van der Waals surface area contributed by atoms with Crippen LogP contribution in [0.2, 0.25) is 0 Å². The van der Waals surface area contributed by atoms with Crippen LogP contribution >= 0.6 is 0 Å². The standard InChI is InChI=1S/C24H33N3O5S/c1-18-6-5-13-26(16-18)20-9-7-19(8-10-20)15-25-24(28)17-27(33(4,29)30)21-11-12-22(31-2)23(14-21)32-3/h7-12,14,18H,5-6,13,15-17H2,1-4H3,(H,25,28). The molecule has 8 nitrogen and oxygen atoms in total. The lowest BCUT2D eigenvalue weighted by molar-refractivity contribution is -0.119. The summed E-state index contributed by atoms with van der Waals surface area (Å²) >= 11 is 0. The minimum Gasteiger partial charge on any atom is -0.493 e. The number of rotatable bonds is 9. The van der Waals surface area contributed by atoms with Crippen molar-refractivity contribution in [2.24, 2.45) is 5.92 Å². The molecule has 0 bridgehead atoms. The van der Waals surface area contributed by atoms with Gasteiger partial charge in [-0.05, 0) is 48.6 Å². The molecule has 0 aromatic heterocycles. The van der Waals surface area contributed by atoms with Crippen LogP contribution in [0.5, 0.6) is 11.5 Å². The molecule has 1 heterocycles. The highest BCUT2D eigenvalue weighted by atomic mass is 32.2. The molecular formula is C24H33N3O5S. The molecule has 33 heavy (non-hydrogen) atoms. The Hall–Kier alpha value is -2.94. The minimum atomic E-state index is -3.69. The number of carbonyl (C=O) groups is 1. The number of anilines is 2. The molecule has 1 atom stereocenters. The summed E-state index contributed by atoms with van der Waals surface area (Å²) in [5, 5.41) is 2.81. The number of piperidine rings is 1. The number of nitrogens with one attached hydrogen (secondary N) is 1. The molecule has 0 spiro atoms. The summed E-state index contributed by atoms with van der Waals surface area (Å²) in [6, 6.07) is 12.9. The molecular weight excluding hydrogens is 442 g/mol. The van der Waals surface area contributed by atoms with Crippen LogP contribution in [0.4, 0.5) is 11.4 Å². The smallest absolute Gasteiger partial charge is 0.241 e. The van der Waals surface area contributed by atoms with Gasteiger partial charge in [0.05, 0.1) is 26.2 Å². The number of methoxy groups -OCH3 is 2. The number of benzene rings is 2. The Kier molecular flexibility index (Phi) is 8.07. The fourth-order valence-electron chi connectivity index (χ4n) is 4.02. The van der Waals surface area contributed by atoms with E-state index in [-0.39, 0.29) is 6.54 Å². The summed E-state index contributed by atoms with van der Waals surface area (Å²) in [5.74, 6) is 1.15. The number of hydrogen-bond acceptors (Lipinski definition) is 6. The summed E-state index contributed by atoms with van der Waals surface area (Å²) in [5.41, 5.74) is 2.47. The Morgan fingerprint density at radius 3 is 2.42 bits per heavy atom. The van der Waals surface area contributed by atoms with Gasteiger partial charge in [-0.2, -0.15) is 0 Å². The molecule has 3 rings (SSSR count). The fourth-order valence-corrected chi connectivity index (χ4v) is 4.86. The predicted molar refractivity (Wildman–Crippen MR) is 131 cm³/mol. The zero-order valence-electron chi connectivity index (χ0n) is 19.7. The maximum atomic E-state index is 12.6. The van der Waals surface area contributed by atoms with Gasteiger partial charge in [-0.15, -0.1) is 0 Å². The Balaban J connectivity index is 1.63. The first-order chi connectivity index (χ1) is 15.7. The molecule has 1 N–H and O–H groups in total. The number of hydrogen-bond donors (Lipinski definition) is 1. The van der Waals surface area contributed by atoms with E-state index in [2.05, 4.69) is 29.3 Å². The fraction of sp³-hybridized carbons (Fsp3) is 0.458. The van der Waals surface area contributed by atoms with Crippen LogP contribution < -0.4 is 24.0 Å². The van der Waals surface area contributed by atoms with E-state index < -0.39 is 15.9 Å². The van der Waals surface area contributed by atoms with Crippen molar-refractivity contribution in [3.05, 3.63) is 48.0 Å². The maximum Gasteiger partial charge on any atom is 0.241 e.